The Morgan fingerprint density at radius 2 is 2.06 bits per heavy atom. The summed E-state index contributed by atoms with van der Waals surface area (Å²) in [6, 6.07) is 0. The molecule has 0 aromatic heterocycles. The molecule has 0 aliphatic rings. The molecule has 90 valence electrons. The minimum absolute atomic E-state index is 0.112. The number of thioether (sulfide) groups is 1. The first-order chi connectivity index (χ1) is 7.57. The summed E-state index contributed by atoms with van der Waals surface area (Å²) >= 11 is 1.46. The van der Waals surface area contributed by atoms with Crippen molar-refractivity contribution in [3.8, 4) is 0 Å². The first kappa shape index (κ1) is 14.8. The van der Waals surface area contributed by atoms with Gasteiger partial charge in [-0.15, -0.1) is 11.8 Å². The van der Waals surface area contributed by atoms with E-state index in [9.17, 15) is 4.79 Å². The molecule has 0 aliphatic heterocycles. The lowest BCUT2D eigenvalue weighted by Gasteiger charge is -1.99. The molecule has 1 atom stereocenters. The van der Waals surface area contributed by atoms with Crippen molar-refractivity contribution in [3.05, 3.63) is 35.4 Å². The number of carbonyl (C=O) groups is 1. The Hall–Kier alpha value is -1.16. The molecule has 0 bridgehead atoms. The summed E-state index contributed by atoms with van der Waals surface area (Å²) in [4.78, 5) is 10.6. The van der Waals surface area contributed by atoms with Gasteiger partial charge in [0.15, 0.2) is 0 Å². The van der Waals surface area contributed by atoms with E-state index in [2.05, 4.69) is 31.2 Å². The van der Waals surface area contributed by atoms with Crippen LogP contribution in [0, 0.1) is 5.92 Å². The van der Waals surface area contributed by atoms with E-state index in [1.807, 2.05) is 6.92 Å². The van der Waals surface area contributed by atoms with Crippen LogP contribution in [0.5, 0.6) is 0 Å². The fourth-order valence-corrected chi connectivity index (χ4v) is 1.68. The third-order valence-electron chi connectivity index (χ3n) is 1.88. The highest BCUT2D eigenvalue weighted by atomic mass is 32.2. The predicted octanol–water partition coefficient (Wildman–Crippen LogP) is 2.16. The second kappa shape index (κ2) is 9.09. The van der Waals surface area contributed by atoms with Crippen molar-refractivity contribution in [2.24, 2.45) is 17.4 Å². The van der Waals surface area contributed by atoms with E-state index in [0.717, 1.165) is 12.2 Å². The van der Waals surface area contributed by atoms with Crippen molar-refractivity contribution in [2.75, 3.05) is 5.75 Å². The summed E-state index contributed by atoms with van der Waals surface area (Å²) in [6.45, 7) is 4.19. The fraction of sp³-hybridized carbons (Fsp3) is 0.417. The molecule has 1 unspecified atom stereocenters. The highest BCUT2D eigenvalue weighted by Gasteiger charge is 1.95. The van der Waals surface area contributed by atoms with Gasteiger partial charge in [0.05, 0.1) is 0 Å². The van der Waals surface area contributed by atoms with Gasteiger partial charge in [0.25, 0.3) is 5.91 Å². The first-order valence-electron chi connectivity index (χ1n) is 5.22. The quantitative estimate of drug-likeness (QED) is 0.407. The average molecular weight is 240 g/mol. The Balaban J connectivity index is 3.70. The number of allylic oxidation sites excluding steroid dienone is 3. The Kier molecular flexibility index (Phi) is 8.43. The van der Waals surface area contributed by atoms with E-state index < -0.39 is 5.91 Å². The molecule has 0 saturated carbocycles. The Morgan fingerprint density at radius 3 is 2.62 bits per heavy atom. The molecule has 4 N–H and O–H groups in total. The minimum Gasteiger partial charge on any atom is -0.394 e. The summed E-state index contributed by atoms with van der Waals surface area (Å²) in [6.07, 6.45) is 9.45. The SMILES string of the molecule is C/C=C\C(C)C/C=C/CS/C=C(\N)C(N)=O. The third-order valence-corrected chi connectivity index (χ3v) is 2.69. The lowest BCUT2D eigenvalue weighted by Crippen LogP contribution is -2.19. The van der Waals surface area contributed by atoms with Crippen LogP contribution in [-0.2, 0) is 4.79 Å². The van der Waals surface area contributed by atoms with E-state index in [-0.39, 0.29) is 5.70 Å². The summed E-state index contributed by atoms with van der Waals surface area (Å²) < 4.78 is 0. The van der Waals surface area contributed by atoms with Crippen LogP contribution < -0.4 is 11.5 Å². The van der Waals surface area contributed by atoms with Crippen molar-refractivity contribution in [1.82, 2.24) is 0 Å². The second-order valence-electron chi connectivity index (χ2n) is 3.48. The molecule has 0 saturated heterocycles. The van der Waals surface area contributed by atoms with Gasteiger partial charge in [-0.3, -0.25) is 4.79 Å². The molecule has 16 heavy (non-hydrogen) atoms. The molecule has 3 nitrogen and oxygen atoms in total. The van der Waals surface area contributed by atoms with Crippen molar-refractivity contribution in [3.63, 3.8) is 0 Å². The number of hydrogen-bond donors (Lipinski definition) is 2. The van der Waals surface area contributed by atoms with E-state index in [0.29, 0.717) is 5.92 Å². The van der Waals surface area contributed by atoms with Crippen LogP contribution in [0.4, 0.5) is 0 Å². The fourth-order valence-electron chi connectivity index (χ4n) is 1.04. The second-order valence-corrected chi connectivity index (χ2v) is 4.38. The Labute approximate surface area is 102 Å². The van der Waals surface area contributed by atoms with E-state index in [4.69, 9.17) is 11.5 Å². The third kappa shape index (κ3) is 8.17. The van der Waals surface area contributed by atoms with Gasteiger partial charge in [-0.25, -0.2) is 0 Å². The maximum Gasteiger partial charge on any atom is 0.265 e. The summed E-state index contributed by atoms with van der Waals surface area (Å²) in [7, 11) is 0. The smallest absolute Gasteiger partial charge is 0.265 e. The van der Waals surface area contributed by atoms with Gasteiger partial charge in [-0.05, 0) is 24.7 Å². The van der Waals surface area contributed by atoms with E-state index >= 15 is 0 Å². The van der Waals surface area contributed by atoms with Crippen LogP contribution in [-0.4, -0.2) is 11.7 Å². The molecular formula is C12H20N2OS. The standard InChI is InChI=1S/C12H20N2OS/c1-3-6-10(2)7-4-5-8-16-9-11(13)12(14)15/h3-6,9-10H,7-8,13H2,1-2H3,(H2,14,15)/b5-4+,6-3-,11-9-. The Bertz CT molecular complexity index is 295. The molecule has 0 aliphatic carbocycles. The van der Waals surface area contributed by atoms with Gasteiger partial charge < -0.3 is 11.5 Å². The molecule has 0 radical (unpaired) electrons. The first-order valence-corrected chi connectivity index (χ1v) is 6.27. The van der Waals surface area contributed by atoms with Crippen molar-refractivity contribution < 1.29 is 4.79 Å². The molecule has 0 rings (SSSR count). The molecule has 0 aromatic carbocycles. The van der Waals surface area contributed by atoms with Gasteiger partial charge in [0.2, 0.25) is 0 Å². The number of nitrogens with two attached hydrogens (primary N) is 2. The van der Waals surface area contributed by atoms with Gasteiger partial charge in [-0.2, -0.15) is 0 Å². The maximum absolute atomic E-state index is 10.6. The number of primary amides is 1. The van der Waals surface area contributed by atoms with Crippen LogP contribution in [0.1, 0.15) is 20.3 Å². The largest absolute Gasteiger partial charge is 0.394 e. The molecule has 0 spiro atoms. The van der Waals surface area contributed by atoms with Crippen molar-refractivity contribution in [1.29, 1.82) is 0 Å². The van der Waals surface area contributed by atoms with Crippen LogP contribution in [0.3, 0.4) is 0 Å². The maximum atomic E-state index is 10.6. The van der Waals surface area contributed by atoms with Crippen LogP contribution in [0.15, 0.2) is 35.4 Å². The highest BCUT2D eigenvalue weighted by Crippen LogP contribution is 2.07. The monoisotopic (exact) mass is 240 g/mol. The topological polar surface area (TPSA) is 69.1 Å². The normalized spacial score (nSPS) is 14.8. The number of hydrogen-bond acceptors (Lipinski definition) is 3. The van der Waals surface area contributed by atoms with Crippen LogP contribution in [0.2, 0.25) is 0 Å². The van der Waals surface area contributed by atoms with Crippen molar-refractivity contribution >= 4 is 17.7 Å². The van der Waals surface area contributed by atoms with Gasteiger partial charge in [0.1, 0.15) is 5.70 Å². The molecular weight excluding hydrogens is 220 g/mol. The minimum atomic E-state index is -0.571. The van der Waals surface area contributed by atoms with Gasteiger partial charge in [0, 0.05) is 5.75 Å². The number of carbonyl (C=O) groups excluding carboxylic acids is 1. The zero-order valence-corrected chi connectivity index (χ0v) is 10.7. The lowest BCUT2D eigenvalue weighted by molar-refractivity contribution is -0.114. The Morgan fingerprint density at radius 1 is 1.38 bits per heavy atom. The van der Waals surface area contributed by atoms with Gasteiger partial charge in [-0.1, -0.05) is 31.2 Å². The number of amides is 1. The molecule has 4 heteroatoms. The lowest BCUT2D eigenvalue weighted by atomic mass is 10.1. The molecule has 0 fully saturated rings. The predicted molar refractivity (Wildman–Crippen MR) is 71.7 cm³/mol. The molecule has 0 heterocycles. The van der Waals surface area contributed by atoms with E-state index in [1.54, 1.807) is 5.41 Å². The van der Waals surface area contributed by atoms with Gasteiger partial charge >= 0.3 is 0 Å². The average Bonchev–Trinajstić information content (AvgIpc) is 2.23. The van der Waals surface area contributed by atoms with Crippen LogP contribution >= 0.6 is 11.8 Å². The van der Waals surface area contributed by atoms with E-state index in [1.165, 1.54) is 11.8 Å². The summed E-state index contributed by atoms with van der Waals surface area (Å²) in [5.41, 5.74) is 10.4. The highest BCUT2D eigenvalue weighted by molar-refractivity contribution is 8.02. The zero-order chi connectivity index (χ0) is 12.4. The molecule has 0 aromatic rings. The summed E-state index contributed by atoms with van der Waals surface area (Å²) in [5, 5.41) is 1.59. The number of rotatable bonds is 7. The zero-order valence-electron chi connectivity index (χ0n) is 9.85. The van der Waals surface area contributed by atoms with Crippen molar-refractivity contribution in [2.45, 2.75) is 20.3 Å². The molecule has 1 amide bonds. The summed E-state index contributed by atoms with van der Waals surface area (Å²) in [5.74, 6) is 0.798. The van der Waals surface area contributed by atoms with Crippen LogP contribution in [0.25, 0.3) is 0 Å².